The minimum atomic E-state index is 0.397. The van der Waals surface area contributed by atoms with Gasteiger partial charge in [0.25, 0.3) is 0 Å². The highest BCUT2D eigenvalue weighted by atomic mass is 16.5. The van der Waals surface area contributed by atoms with Crippen LogP contribution in [0, 0.1) is 5.92 Å². The van der Waals surface area contributed by atoms with Gasteiger partial charge in [-0.3, -0.25) is 14.7 Å². The van der Waals surface area contributed by atoms with Gasteiger partial charge < -0.3 is 9.47 Å². The predicted octanol–water partition coefficient (Wildman–Crippen LogP) is 6.58. The third-order valence-corrected chi connectivity index (χ3v) is 8.39. The Bertz CT molecular complexity index is 787. The third-order valence-electron chi connectivity index (χ3n) is 8.39. The van der Waals surface area contributed by atoms with Crippen LogP contribution in [0.15, 0.2) is 60.7 Å². The Morgan fingerprint density at radius 2 is 0.949 bits per heavy atom. The maximum atomic E-state index is 6.08. The third kappa shape index (κ3) is 12.5. The van der Waals surface area contributed by atoms with Gasteiger partial charge >= 0.3 is 0 Å². The SMILES string of the molecule is CC[C@H](C)[C@@H](C)N(CCN(CC)[C@@H](C)COCc1ccccc1)CCN(CC)[C@@H](C)COCc1ccccc1. The molecule has 0 aliphatic carbocycles. The highest BCUT2D eigenvalue weighted by Crippen LogP contribution is 2.16. The minimum Gasteiger partial charge on any atom is -0.375 e. The van der Waals surface area contributed by atoms with Crippen molar-refractivity contribution >= 4 is 0 Å². The molecule has 0 fully saturated rings. The summed E-state index contributed by atoms with van der Waals surface area (Å²) in [4.78, 5) is 7.85. The molecule has 0 spiro atoms. The van der Waals surface area contributed by atoms with Crippen LogP contribution in [0.3, 0.4) is 0 Å². The second kappa shape index (κ2) is 19.3. The van der Waals surface area contributed by atoms with E-state index in [1.807, 2.05) is 0 Å². The molecule has 5 heteroatoms. The zero-order valence-corrected chi connectivity index (χ0v) is 26.0. The van der Waals surface area contributed by atoms with Gasteiger partial charge in [-0.2, -0.15) is 0 Å². The lowest BCUT2D eigenvalue weighted by Gasteiger charge is -2.38. The Morgan fingerprint density at radius 1 is 0.564 bits per heavy atom. The lowest BCUT2D eigenvalue weighted by molar-refractivity contribution is 0.0394. The van der Waals surface area contributed by atoms with Crippen LogP contribution in [0.1, 0.15) is 66.0 Å². The largest absolute Gasteiger partial charge is 0.375 e. The van der Waals surface area contributed by atoms with Crippen molar-refractivity contribution in [1.29, 1.82) is 0 Å². The van der Waals surface area contributed by atoms with Gasteiger partial charge in [0.2, 0.25) is 0 Å². The van der Waals surface area contributed by atoms with E-state index in [9.17, 15) is 0 Å². The molecule has 0 heterocycles. The zero-order chi connectivity index (χ0) is 28.5. The standard InChI is InChI=1S/C34H57N3O2/c1-8-29(4)32(7)37(23-21-35(9-2)30(5)25-38-27-33-17-13-11-14-18-33)24-22-36(10-3)31(6)26-39-28-34-19-15-12-16-20-34/h11-20,29-32H,8-10,21-28H2,1-7H3/t29-,30-,31-,32+/m0/s1. The fourth-order valence-electron chi connectivity index (χ4n) is 5.17. The molecule has 39 heavy (non-hydrogen) atoms. The molecule has 0 amide bonds. The van der Waals surface area contributed by atoms with E-state index < -0.39 is 0 Å². The van der Waals surface area contributed by atoms with E-state index in [2.05, 4.69) is 124 Å². The zero-order valence-electron chi connectivity index (χ0n) is 26.0. The van der Waals surface area contributed by atoms with E-state index in [-0.39, 0.29) is 0 Å². The Labute approximate surface area is 240 Å². The molecule has 0 radical (unpaired) electrons. The molecule has 0 aliphatic rings. The first-order valence-electron chi connectivity index (χ1n) is 15.3. The van der Waals surface area contributed by atoms with Crippen molar-refractivity contribution in [3.8, 4) is 0 Å². The summed E-state index contributed by atoms with van der Waals surface area (Å²) in [5.74, 6) is 0.674. The minimum absolute atomic E-state index is 0.397. The van der Waals surface area contributed by atoms with Gasteiger partial charge in [-0.25, -0.2) is 0 Å². The topological polar surface area (TPSA) is 28.2 Å². The number of likely N-dealkylation sites (N-methyl/N-ethyl adjacent to an activating group) is 2. The van der Waals surface area contributed by atoms with E-state index >= 15 is 0 Å². The number of nitrogens with zero attached hydrogens (tertiary/aromatic N) is 3. The average molecular weight is 540 g/mol. The van der Waals surface area contributed by atoms with Gasteiger partial charge in [-0.15, -0.1) is 0 Å². The Kier molecular flexibility index (Phi) is 16.6. The molecule has 0 saturated heterocycles. The second-order valence-corrected chi connectivity index (χ2v) is 11.1. The van der Waals surface area contributed by atoms with Crippen molar-refractivity contribution in [2.75, 3.05) is 52.5 Å². The molecular weight excluding hydrogens is 482 g/mol. The van der Waals surface area contributed by atoms with Crippen molar-refractivity contribution < 1.29 is 9.47 Å². The van der Waals surface area contributed by atoms with Crippen LogP contribution >= 0.6 is 0 Å². The van der Waals surface area contributed by atoms with Gasteiger partial charge in [-0.1, -0.05) is 94.8 Å². The molecule has 0 saturated carbocycles. The molecule has 0 unspecified atom stereocenters. The molecule has 220 valence electrons. The summed E-state index contributed by atoms with van der Waals surface area (Å²) >= 11 is 0. The first-order chi connectivity index (χ1) is 18.9. The Hall–Kier alpha value is -1.76. The van der Waals surface area contributed by atoms with Gasteiger partial charge in [0.05, 0.1) is 26.4 Å². The maximum Gasteiger partial charge on any atom is 0.0717 e. The molecule has 2 rings (SSSR count). The molecule has 0 bridgehead atoms. The smallest absolute Gasteiger partial charge is 0.0717 e. The number of benzene rings is 2. The monoisotopic (exact) mass is 539 g/mol. The first-order valence-corrected chi connectivity index (χ1v) is 15.3. The number of ether oxygens (including phenoxy) is 2. The predicted molar refractivity (Wildman–Crippen MR) is 166 cm³/mol. The average Bonchev–Trinajstić information content (AvgIpc) is 2.97. The van der Waals surface area contributed by atoms with Crippen molar-refractivity contribution in [1.82, 2.24) is 14.7 Å². The Morgan fingerprint density at radius 3 is 1.31 bits per heavy atom. The van der Waals surface area contributed by atoms with Gasteiger partial charge in [0.15, 0.2) is 0 Å². The summed E-state index contributed by atoms with van der Waals surface area (Å²) in [6.45, 7) is 25.5. The van der Waals surface area contributed by atoms with E-state index in [4.69, 9.17) is 9.47 Å². The number of hydrogen-bond donors (Lipinski definition) is 0. The molecule has 5 nitrogen and oxygen atoms in total. The lowest BCUT2D eigenvalue weighted by Crippen LogP contribution is -2.49. The van der Waals surface area contributed by atoms with Crippen molar-refractivity contribution in [3.63, 3.8) is 0 Å². The summed E-state index contributed by atoms with van der Waals surface area (Å²) < 4.78 is 12.2. The summed E-state index contributed by atoms with van der Waals surface area (Å²) in [6.07, 6.45) is 1.21. The van der Waals surface area contributed by atoms with Gasteiger partial charge in [0, 0.05) is 44.3 Å². The van der Waals surface area contributed by atoms with Crippen LogP contribution in [0.25, 0.3) is 0 Å². The van der Waals surface area contributed by atoms with Crippen LogP contribution in [0.2, 0.25) is 0 Å². The number of hydrogen-bond acceptors (Lipinski definition) is 5. The molecule has 2 aromatic carbocycles. The molecule has 0 aliphatic heterocycles. The maximum absolute atomic E-state index is 6.08. The van der Waals surface area contributed by atoms with Crippen LogP contribution in [0.5, 0.6) is 0 Å². The van der Waals surface area contributed by atoms with E-state index in [1.54, 1.807) is 0 Å². The highest BCUT2D eigenvalue weighted by Gasteiger charge is 2.22. The Balaban J connectivity index is 1.86. The summed E-state index contributed by atoms with van der Waals surface area (Å²) in [5.41, 5.74) is 2.47. The van der Waals surface area contributed by atoms with Crippen molar-refractivity contribution in [2.45, 2.75) is 86.2 Å². The lowest BCUT2D eigenvalue weighted by atomic mass is 9.99. The van der Waals surface area contributed by atoms with Crippen LogP contribution in [-0.2, 0) is 22.7 Å². The summed E-state index contributed by atoms with van der Waals surface area (Å²) in [7, 11) is 0. The van der Waals surface area contributed by atoms with Crippen LogP contribution in [0.4, 0.5) is 0 Å². The molecular formula is C34H57N3O2. The number of rotatable bonds is 21. The normalized spacial score (nSPS) is 15.1. The van der Waals surface area contributed by atoms with E-state index in [0.717, 1.165) is 52.5 Å². The molecule has 2 aromatic rings. The van der Waals surface area contributed by atoms with E-state index in [0.29, 0.717) is 37.3 Å². The molecule has 0 N–H and O–H groups in total. The molecule has 4 atom stereocenters. The van der Waals surface area contributed by atoms with E-state index in [1.165, 1.54) is 17.5 Å². The van der Waals surface area contributed by atoms with Gasteiger partial charge in [0.1, 0.15) is 0 Å². The van der Waals surface area contributed by atoms with Crippen molar-refractivity contribution in [2.24, 2.45) is 5.92 Å². The van der Waals surface area contributed by atoms with Crippen LogP contribution in [-0.4, -0.2) is 85.3 Å². The molecule has 0 aromatic heterocycles. The quantitative estimate of drug-likeness (QED) is 0.179. The summed E-state index contributed by atoms with van der Waals surface area (Å²) in [6, 6.07) is 22.3. The summed E-state index contributed by atoms with van der Waals surface area (Å²) in [5, 5.41) is 0. The highest BCUT2D eigenvalue weighted by molar-refractivity contribution is 5.14. The fraction of sp³-hybridized carbons (Fsp3) is 0.647. The second-order valence-electron chi connectivity index (χ2n) is 11.1. The van der Waals surface area contributed by atoms with Crippen molar-refractivity contribution in [3.05, 3.63) is 71.8 Å². The van der Waals surface area contributed by atoms with Gasteiger partial charge in [-0.05, 0) is 50.9 Å². The fourth-order valence-corrected chi connectivity index (χ4v) is 5.17. The van der Waals surface area contributed by atoms with Crippen LogP contribution < -0.4 is 0 Å². The first kappa shape index (κ1) is 33.4.